The smallest absolute Gasteiger partial charge is 0.403 e. The molecule has 0 fully saturated rings. The van der Waals surface area contributed by atoms with Crippen LogP contribution in [0.5, 0.6) is 5.75 Å². The average molecular weight is 325 g/mol. The summed E-state index contributed by atoms with van der Waals surface area (Å²) in [6.07, 6.45) is -4.95. The summed E-state index contributed by atoms with van der Waals surface area (Å²) in [5.74, 6) is -2.05. The molecule has 0 aliphatic rings. The number of hydrogen-bond donors (Lipinski definition) is 0. The number of hydrogen-bond acceptors (Lipinski definition) is 1. The molecule has 0 spiro atoms. The molecule has 2 rings (SSSR count). The van der Waals surface area contributed by atoms with Crippen LogP contribution in [-0.2, 0) is 0 Å². The first-order valence-electron chi connectivity index (χ1n) is 5.27. The molecule has 2 aromatic carbocycles. The fraction of sp³-hybridized carbons (Fsp3) is 0.0769. The summed E-state index contributed by atoms with van der Waals surface area (Å²) in [5.41, 5.74) is 0.709. The van der Waals surface area contributed by atoms with Crippen LogP contribution in [0.1, 0.15) is 0 Å². The third-order valence-electron chi connectivity index (χ3n) is 2.40. The van der Waals surface area contributed by atoms with Crippen LogP contribution in [-0.4, -0.2) is 6.36 Å². The molecule has 0 unspecified atom stereocenters. The Balaban J connectivity index is 2.41. The van der Waals surface area contributed by atoms with Crippen molar-refractivity contribution in [2.45, 2.75) is 6.36 Å². The number of halogens is 6. The second-order valence-electron chi connectivity index (χ2n) is 3.82. The molecule has 0 aliphatic heterocycles. The zero-order chi connectivity index (χ0) is 14.9. The van der Waals surface area contributed by atoms with Gasteiger partial charge in [-0.05, 0) is 35.9 Å². The third kappa shape index (κ3) is 3.55. The molecule has 0 aliphatic carbocycles. The first-order chi connectivity index (χ1) is 9.26. The van der Waals surface area contributed by atoms with Crippen molar-refractivity contribution in [2.24, 2.45) is 0 Å². The van der Waals surface area contributed by atoms with E-state index in [9.17, 15) is 17.6 Å². The van der Waals surface area contributed by atoms with E-state index in [2.05, 4.69) is 4.74 Å². The lowest BCUT2D eigenvalue weighted by Crippen LogP contribution is -2.17. The van der Waals surface area contributed by atoms with Gasteiger partial charge >= 0.3 is 6.36 Å². The van der Waals surface area contributed by atoms with Crippen LogP contribution in [0.3, 0.4) is 0 Å². The molecule has 0 heterocycles. The van der Waals surface area contributed by atoms with Gasteiger partial charge in [0.1, 0.15) is 0 Å². The van der Waals surface area contributed by atoms with Crippen LogP contribution in [0.4, 0.5) is 17.6 Å². The number of benzene rings is 2. The van der Waals surface area contributed by atoms with E-state index in [0.717, 1.165) is 12.1 Å². The number of rotatable bonds is 2. The topological polar surface area (TPSA) is 9.23 Å². The predicted octanol–water partition coefficient (Wildman–Crippen LogP) is 5.70. The molecular formula is C13H6Cl2F4O. The Labute approximate surface area is 121 Å². The van der Waals surface area contributed by atoms with Gasteiger partial charge in [-0.25, -0.2) is 4.39 Å². The van der Waals surface area contributed by atoms with Crippen molar-refractivity contribution in [3.63, 3.8) is 0 Å². The van der Waals surface area contributed by atoms with Gasteiger partial charge in [0.15, 0.2) is 11.6 Å². The lowest BCUT2D eigenvalue weighted by atomic mass is 10.1. The zero-order valence-corrected chi connectivity index (χ0v) is 11.2. The van der Waals surface area contributed by atoms with Crippen molar-refractivity contribution >= 4 is 23.2 Å². The van der Waals surface area contributed by atoms with Gasteiger partial charge < -0.3 is 4.74 Å². The van der Waals surface area contributed by atoms with Crippen LogP contribution in [0.25, 0.3) is 11.1 Å². The Morgan fingerprint density at radius 3 is 2.25 bits per heavy atom. The molecule has 106 valence electrons. The Bertz CT molecular complexity index is 641. The van der Waals surface area contributed by atoms with Gasteiger partial charge in [0.25, 0.3) is 0 Å². The van der Waals surface area contributed by atoms with E-state index in [4.69, 9.17) is 23.2 Å². The Morgan fingerprint density at radius 1 is 0.950 bits per heavy atom. The molecule has 1 nitrogen and oxygen atoms in total. The molecule has 0 N–H and O–H groups in total. The predicted molar refractivity (Wildman–Crippen MR) is 68.5 cm³/mol. The molecule has 0 aromatic heterocycles. The first-order valence-corrected chi connectivity index (χ1v) is 6.02. The van der Waals surface area contributed by atoms with Crippen LogP contribution >= 0.6 is 23.2 Å². The minimum absolute atomic E-state index is 0.296. The number of ether oxygens (including phenoxy) is 1. The molecule has 2 aromatic rings. The molecule has 7 heteroatoms. The monoisotopic (exact) mass is 324 g/mol. The Kier molecular flexibility index (Phi) is 4.11. The standard InChI is InChI=1S/C13H6Cl2F4O/c14-8-2-3-10(15)9(6-8)7-1-4-12(11(16)5-7)20-13(17,18)19/h1-6H. The lowest BCUT2D eigenvalue weighted by molar-refractivity contribution is -0.275. The number of alkyl halides is 3. The maximum Gasteiger partial charge on any atom is 0.573 e. The van der Waals surface area contributed by atoms with E-state index in [1.54, 1.807) is 6.07 Å². The van der Waals surface area contributed by atoms with Crippen molar-refractivity contribution in [3.05, 3.63) is 52.3 Å². The van der Waals surface area contributed by atoms with Crippen molar-refractivity contribution in [1.82, 2.24) is 0 Å². The quantitative estimate of drug-likeness (QED) is 0.644. The van der Waals surface area contributed by atoms with Gasteiger partial charge in [0.05, 0.1) is 0 Å². The summed E-state index contributed by atoms with van der Waals surface area (Å²) in [6, 6.07) is 7.60. The van der Waals surface area contributed by atoms with Gasteiger partial charge in [-0.15, -0.1) is 13.2 Å². The molecule has 20 heavy (non-hydrogen) atoms. The van der Waals surface area contributed by atoms with E-state index >= 15 is 0 Å². The summed E-state index contributed by atoms with van der Waals surface area (Å²) < 4.78 is 53.2. The molecule has 0 amide bonds. The van der Waals surface area contributed by atoms with Gasteiger partial charge in [-0.2, -0.15) is 0 Å². The van der Waals surface area contributed by atoms with Crippen molar-refractivity contribution in [1.29, 1.82) is 0 Å². The van der Waals surface area contributed by atoms with E-state index < -0.39 is 17.9 Å². The van der Waals surface area contributed by atoms with Gasteiger partial charge in [0.2, 0.25) is 0 Å². The third-order valence-corrected chi connectivity index (χ3v) is 2.96. The van der Waals surface area contributed by atoms with Crippen LogP contribution < -0.4 is 4.74 Å². The van der Waals surface area contributed by atoms with Crippen LogP contribution in [0.15, 0.2) is 36.4 Å². The Morgan fingerprint density at radius 2 is 1.65 bits per heavy atom. The zero-order valence-electron chi connectivity index (χ0n) is 9.64. The molecular weight excluding hydrogens is 319 g/mol. The molecule has 0 saturated carbocycles. The largest absolute Gasteiger partial charge is 0.573 e. The van der Waals surface area contributed by atoms with Gasteiger partial charge in [-0.1, -0.05) is 29.3 Å². The van der Waals surface area contributed by atoms with Crippen molar-refractivity contribution in [3.8, 4) is 16.9 Å². The maximum absolute atomic E-state index is 13.6. The molecule has 0 atom stereocenters. The maximum atomic E-state index is 13.6. The minimum Gasteiger partial charge on any atom is -0.403 e. The van der Waals surface area contributed by atoms with Gasteiger partial charge in [0, 0.05) is 15.6 Å². The highest BCUT2D eigenvalue weighted by Crippen LogP contribution is 2.34. The summed E-state index contributed by atoms with van der Waals surface area (Å²) >= 11 is 11.7. The molecule has 0 bridgehead atoms. The van der Waals surface area contributed by atoms with E-state index in [1.807, 2.05) is 0 Å². The second kappa shape index (κ2) is 5.50. The average Bonchev–Trinajstić information content (AvgIpc) is 2.33. The summed E-state index contributed by atoms with van der Waals surface area (Å²) in [4.78, 5) is 0. The van der Waals surface area contributed by atoms with Crippen molar-refractivity contribution < 1.29 is 22.3 Å². The van der Waals surface area contributed by atoms with Crippen LogP contribution in [0, 0.1) is 5.82 Å². The molecule has 0 radical (unpaired) electrons. The fourth-order valence-corrected chi connectivity index (χ4v) is 1.99. The first kappa shape index (κ1) is 14.9. The second-order valence-corrected chi connectivity index (χ2v) is 4.66. The normalized spacial score (nSPS) is 11.5. The van der Waals surface area contributed by atoms with Gasteiger partial charge in [-0.3, -0.25) is 0 Å². The molecule has 0 saturated heterocycles. The fourth-order valence-electron chi connectivity index (χ4n) is 1.59. The van der Waals surface area contributed by atoms with E-state index in [1.165, 1.54) is 18.2 Å². The van der Waals surface area contributed by atoms with Crippen molar-refractivity contribution in [2.75, 3.05) is 0 Å². The highest BCUT2D eigenvalue weighted by Gasteiger charge is 2.32. The van der Waals surface area contributed by atoms with E-state index in [0.29, 0.717) is 21.2 Å². The SMILES string of the molecule is Fc1cc(-c2cc(Cl)ccc2Cl)ccc1OC(F)(F)F. The highest BCUT2D eigenvalue weighted by atomic mass is 35.5. The highest BCUT2D eigenvalue weighted by molar-refractivity contribution is 6.35. The minimum atomic E-state index is -4.95. The lowest BCUT2D eigenvalue weighted by Gasteiger charge is -2.11. The van der Waals surface area contributed by atoms with Crippen LogP contribution in [0.2, 0.25) is 10.0 Å². The summed E-state index contributed by atoms with van der Waals surface area (Å²) in [5, 5.41) is 0.679. The summed E-state index contributed by atoms with van der Waals surface area (Å²) in [7, 11) is 0. The van der Waals surface area contributed by atoms with E-state index in [-0.39, 0.29) is 0 Å². The Hall–Kier alpha value is -1.46. The summed E-state index contributed by atoms with van der Waals surface area (Å²) in [6.45, 7) is 0.